The fourth-order valence-electron chi connectivity index (χ4n) is 2.81. The lowest BCUT2D eigenvalue weighted by molar-refractivity contribution is -0.128. The van der Waals surface area contributed by atoms with Crippen LogP contribution in [0.4, 0.5) is 9.18 Å². The monoisotopic (exact) mass is 272 g/mol. The number of amides is 2. The van der Waals surface area contributed by atoms with Gasteiger partial charge in [-0.3, -0.25) is 9.18 Å². The highest BCUT2D eigenvalue weighted by Crippen LogP contribution is 2.42. The van der Waals surface area contributed by atoms with Crippen molar-refractivity contribution in [1.29, 1.82) is 0 Å². The molecule has 2 heterocycles. The van der Waals surface area contributed by atoms with Gasteiger partial charge in [0.15, 0.2) is 0 Å². The van der Waals surface area contributed by atoms with Crippen LogP contribution in [0.5, 0.6) is 0 Å². The molecule has 2 unspecified atom stereocenters. The highest BCUT2D eigenvalue weighted by atomic mass is 19.1. The van der Waals surface area contributed by atoms with Crippen LogP contribution in [0.1, 0.15) is 27.2 Å². The fourth-order valence-corrected chi connectivity index (χ4v) is 2.81. The minimum absolute atomic E-state index is 0.138. The maximum Gasteiger partial charge on any atom is 0.410 e. The van der Waals surface area contributed by atoms with Crippen LogP contribution in [-0.4, -0.2) is 48.8 Å². The first kappa shape index (κ1) is 14.1. The summed E-state index contributed by atoms with van der Waals surface area (Å²) < 4.78 is 18.3. The zero-order valence-corrected chi connectivity index (χ0v) is 11.7. The van der Waals surface area contributed by atoms with Crippen LogP contribution in [0.15, 0.2) is 0 Å². The lowest BCUT2D eigenvalue weighted by Crippen LogP contribution is -2.41. The van der Waals surface area contributed by atoms with Crippen molar-refractivity contribution in [3.63, 3.8) is 0 Å². The molecule has 0 aliphatic carbocycles. The number of nitrogens with one attached hydrogen (secondary N) is 1. The number of hydrogen-bond acceptors (Lipinski definition) is 3. The van der Waals surface area contributed by atoms with Gasteiger partial charge in [0.1, 0.15) is 5.60 Å². The Morgan fingerprint density at radius 1 is 1.58 bits per heavy atom. The van der Waals surface area contributed by atoms with Crippen molar-refractivity contribution in [2.24, 2.45) is 11.3 Å². The van der Waals surface area contributed by atoms with Crippen LogP contribution in [0.2, 0.25) is 0 Å². The third kappa shape index (κ3) is 2.53. The van der Waals surface area contributed by atoms with Crippen LogP contribution in [0.3, 0.4) is 0 Å². The number of rotatable bonds is 1. The molecule has 5 nitrogen and oxygen atoms in total. The summed E-state index contributed by atoms with van der Waals surface area (Å²) in [7, 11) is 0. The first-order chi connectivity index (χ1) is 8.78. The van der Waals surface area contributed by atoms with Gasteiger partial charge in [-0.2, -0.15) is 0 Å². The number of likely N-dealkylation sites (tertiary alicyclic amines) is 1. The van der Waals surface area contributed by atoms with E-state index in [1.165, 1.54) is 4.90 Å². The molecule has 2 aliphatic rings. The Morgan fingerprint density at radius 2 is 2.26 bits per heavy atom. The summed E-state index contributed by atoms with van der Waals surface area (Å²) in [6, 6.07) is 0. The first-order valence-electron chi connectivity index (χ1n) is 6.61. The van der Waals surface area contributed by atoms with Gasteiger partial charge in [0.25, 0.3) is 0 Å². The molecular weight excluding hydrogens is 251 g/mol. The minimum atomic E-state index is -0.758. The third-order valence-electron chi connectivity index (χ3n) is 3.88. The van der Waals surface area contributed by atoms with E-state index in [4.69, 9.17) is 4.74 Å². The second-order valence-electron chi connectivity index (χ2n) is 6.37. The molecule has 2 fully saturated rings. The average molecular weight is 272 g/mol. The fraction of sp³-hybridized carbons (Fsp3) is 0.846. The predicted molar refractivity (Wildman–Crippen MR) is 67.3 cm³/mol. The number of carbonyl (C=O) groups is 2. The quantitative estimate of drug-likeness (QED) is 0.783. The minimum Gasteiger partial charge on any atom is -0.444 e. The first-order valence-corrected chi connectivity index (χ1v) is 6.61. The molecule has 2 aliphatic heterocycles. The molecule has 19 heavy (non-hydrogen) atoms. The highest BCUT2D eigenvalue weighted by molar-refractivity contribution is 5.87. The molecular formula is C13H21FN2O3. The molecule has 108 valence electrons. The van der Waals surface area contributed by atoms with Crippen molar-refractivity contribution in [2.75, 3.05) is 26.3 Å². The molecule has 1 N–H and O–H groups in total. The molecule has 0 saturated carbocycles. The highest BCUT2D eigenvalue weighted by Gasteiger charge is 2.55. The topological polar surface area (TPSA) is 58.6 Å². The maximum absolute atomic E-state index is 13.0. The molecule has 0 radical (unpaired) electrons. The second-order valence-corrected chi connectivity index (χ2v) is 6.37. The Labute approximate surface area is 112 Å². The predicted octanol–water partition coefficient (Wildman–Crippen LogP) is 1.33. The van der Waals surface area contributed by atoms with E-state index in [2.05, 4.69) is 5.32 Å². The summed E-state index contributed by atoms with van der Waals surface area (Å²) in [4.78, 5) is 25.5. The Morgan fingerprint density at radius 3 is 2.84 bits per heavy atom. The Bertz CT molecular complexity index is 394. The van der Waals surface area contributed by atoms with Crippen LogP contribution in [0.25, 0.3) is 0 Å². The lowest BCUT2D eigenvalue weighted by Gasteiger charge is -2.27. The third-order valence-corrected chi connectivity index (χ3v) is 3.88. The van der Waals surface area contributed by atoms with Crippen LogP contribution in [0, 0.1) is 11.3 Å². The van der Waals surface area contributed by atoms with E-state index >= 15 is 0 Å². The number of carbonyl (C=O) groups excluding carboxylic acids is 2. The van der Waals surface area contributed by atoms with Crippen molar-refractivity contribution < 1.29 is 18.7 Å². The summed E-state index contributed by atoms with van der Waals surface area (Å²) in [5.41, 5.74) is -1.32. The average Bonchev–Trinajstić information content (AvgIpc) is 2.85. The van der Waals surface area contributed by atoms with Gasteiger partial charge < -0.3 is 15.0 Å². The maximum atomic E-state index is 13.0. The van der Waals surface area contributed by atoms with E-state index in [1.807, 2.05) is 0 Å². The molecule has 0 aromatic heterocycles. The van der Waals surface area contributed by atoms with E-state index in [1.54, 1.807) is 20.8 Å². The smallest absolute Gasteiger partial charge is 0.410 e. The van der Waals surface area contributed by atoms with Crippen molar-refractivity contribution in [2.45, 2.75) is 32.8 Å². The van der Waals surface area contributed by atoms with Crippen LogP contribution in [-0.2, 0) is 9.53 Å². The summed E-state index contributed by atoms with van der Waals surface area (Å²) in [6.45, 7) is 5.90. The largest absolute Gasteiger partial charge is 0.444 e. The van der Waals surface area contributed by atoms with Crippen molar-refractivity contribution in [3.8, 4) is 0 Å². The Balaban J connectivity index is 2.07. The van der Waals surface area contributed by atoms with Crippen molar-refractivity contribution in [1.82, 2.24) is 10.2 Å². The molecule has 2 amide bonds. The van der Waals surface area contributed by atoms with E-state index in [0.29, 0.717) is 19.5 Å². The Kier molecular flexibility index (Phi) is 3.45. The van der Waals surface area contributed by atoms with Gasteiger partial charge in [-0.05, 0) is 27.2 Å². The van der Waals surface area contributed by atoms with Crippen molar-refractivity contribution >= 4 is 12.0 Å². The lowest BCUT2D eigenvalue weighted by atomic mass is 9.77. The summed E-state index contributed by atoms with van der Waals surface area (Å²) in [5.74, 6) is -0.478. The zero-order valence-electron chi connectivity index (χ0n) is 11.7. The molecule has 2 saturated heterocycles. The number of halogens is 1. The molecule has 0 aromatic carbocycles. The SMILES string of the molecule is CC(C)(C)OC(=O)N1CCC2(C1)C(=O)NCC2CF. The number of hydrogen-bond donors (Lipinski definition) is 1. The molecule has 0 bridgehead atoms. The van der Waals surface area contributed by atoms with Crippen molar-refractivity contribution in [3.05, 3.63) is 0 Å². The molecule has 6 heteroatoms. The standard InChI is InChI=1S/C13H21FN2O3/c1-12(2,3)19-11(18)16-5-4-13(8-16)9(6-14)7-15-10(13)17/h9H,4-8H2,1-3H3,(H,15,17). The molecule has 1 spiro atoms. The normalized spacial score (nSPS) is 30.8. The summed E-state index contributed by atoms with van der Waals surface area (Å²) in [5, 5.41) is 2.70. The zero-order chi connectivity index (χ0) is 14.3. The summed E-state index contributed by atoms with van der Waals surface area (Å²) in [6.07, 6.45) is 0.0776. The van der Waals surface area contributed by atoms with Gasteiger partial charge in [-0.1, -0.05) is 0 Å². The van der Waals surface area contributed by atoms with Gasteiger partial charge in [0.05, 0.1) is 12.1 Å². The van der Waals surface area contributed by atoms with E-state index in [0.717, 1.165) is 0 Å². The number of nitrogens with zero attached hydrogens (tertiary/aromatic N) is 1. The van der Waals surface area contributed by atoms with E-state index in [-0.39, 0.29) is 18.4 Å². The van der Waals surface area contributed by atoms with Gasteiger partial charge in [-0.15, -0.1) is 0 Å². The molecule has 0 aromatic rings. The van der Waals surface area contributed by atoms with Gasteiger partial charge in [0.2, 0.25) is 5.91 Å². The van der Waals surface area contributed by atoms with E-state index < -0.39 is 23.8 Å². The van der Waals surface area contributed by atoms with Gasteiger partial charge in [-0.25, -0.2) is 4.79 Å². The van der Waals surface area contributed by atoms with E-state index in [9.17, 15) is 14.0 Å². The number of ether oxygens (including phenoxy) is 1. The second kappa shape index (κ2) is 4.65. The molecule has 2 rings (SSSR count). The Hall–Kier alpha value is -1.33. The molecule has 2 atom stereocenters. The number of alkyl halides is 1. The van der Waals surface area contributed by atoms with Crippen LogP contribution >= 0.6 is 0 Å². The van der Waals surface area contributed by atoms with Crippen LogP contribution < -0.4 is 5.32 Å². The van der Waals surface area contributed by atoms with Gasteiger partial charge in [0, 0.05) is 25.6 Å². The van der Waals surface area contributed by atoms with Gasteiger partial charge >= 0.3 is 6.09 Å². The summed E-state index contributed by atoms with van der Waals surface area (Å²) >= 11 is 0.